The molecule has 1 aliphatic heterocycles. The van der Waals surface area contributed by atoms with E-state index in [4.69, 9.17) is 5.11 Å². The third-order valence-corrected chi connectivity index (χ3v) is 2.01. The number of aliphatic hydroxyl groups excluding tert-OH is 1. The van der Waals surface area contributed by atoms with E-state index in [1.165, 1.54) is 6.42 Å². The van der Waals surface area contributed by atoms with Gasteiger partial charge in [-0.2, -0.15) is 0 Å². The second-order valence-corrected chi connectivity index (χ2v) is 2.88. The zero-order chi connectivity index (χ0) is 7.40. The summed E-state index contributed by atoms with van der Waals surface area (Å²) in [6.45, 7) is 1.29. The van der Waals surface area contributed by atoms with Crippen LogP contribution in [0.5, 0.6) is 0 Å². The molecule has 0 aromatic heterocycles. The van der Waals surface area contributed by atoms with Crippen molar-refractivity contribution in [2.45, 2.75) is 24.9 Å². The van der Waals surface area contributed by atoms with Crippen molar-refractivity contribution in [3.63, 3.8) is 0 Å². The van der Waals surface area contributed by atoms with Crippen LogP contribution in [0.2, 0.25) is 0 Å². The summed E-state index contributed by atoms with van der Waals surface area (Å²) in [6.07, 6.45) is 2.30. The Morgan fingerprint density at radius 3 is 2.70 bits per heavy atom. The lowest BCUT2D eigenvalue weighted by atomic mass is 10.2. The van der Waals surface area contributed by atoms with Gasteiger partial charge in [-0.25, -0.2) is 0 Å². The van der Waals surface area contributed by atoms with Crippen molar-refractivity contribution in [3.05, 3.63) is 0 Å². The summed E-state index contributed by atoms with van der Waals surface area (Å²) in [5, 5.41) is 15.2. The summed E-state index contributed by atoms with van der Waals surface area (Å²) in [5.74, 6) is 0. The molecule has 1 saturated heterocycles. The first-order chi connectivity index (χ1) is 4.86. The molecule has 1 aliphatic rings. The topological polar surface area (TPSA) is 44.3 Å². The minimum atomic E-state index is 0.278. The van der Waals surface area contributed by atoms with Gasteiger partial charge in [-0.05, 0) is 19.9 Å². The Hall–Kier alpha value is -0.120. The van der Waals surface area contributed by atoms with Crippen LogP contribution >= 0.6 is 0 Å². The Morgan fingerprint density at radius 2 is 2.20 bits per heavy atom. The highest BCUT2D eigenvalue weighted by Crippen LogP contribution is 2.10. The standard InChI is InChI=1S/C7H16N2O/c1-8-4-6-2-3-7(5-10)9-6/h6-10H,2-5H2,1H3. The molecule has 10 heavy (non-hydrogen) atoms. The smallest absolute Gasteiger partial charge is 0.0584 e. The average molecular weight is 144 g/mol. The first kappa shape index (κ1) is 7.98. The zero-order valence-electron chi connectivity index (χ0n) is 6.43. The van der Waals surface area contributed by atoms with E-state index in [0.29, 0.717) is 12.1 Å². The molecule has 3 N–H and O–H groups in total. The van der Waals surface area contributed by atoms with E-state index >= 15 is 0 Å². The predicted molar refractivity (Wildman–Crippen MR) is 41.0 cm³/mol. The normalized spacial score (nSPS) is 33.0. The second kappa shape index (κ2) is 3.91. The van der Waals surface area contributed by atoms with Crippen LogP contribution in [0, 0.1) is 0 Å². The molecule has 3 heteroatoms. The Morgan fingerprint density at radius 1 is 1.50 bits per heavy atom. The monoisotopic (exact) mass is 144 g/mol. The quantitative estimate of drug-likeness (QED) is 0.491. The molecular formula is C7H16N2O. The van der Waals surface area contributed by atoms with Crippen LogP contribution in [0.15, 0.2) is 0 Å². The van der Waals surface area contributed by atoms with Crippen LogP contribution in [0.1, 0.15) is 12.8 Å². The van der Waals surface area contributed by atoms with Crippen LogP contribution in [0.25, 0.3) is 0 Å². The van der Waals surface area contributed by atoms with Crippen LogP contribution in [-0.2, 0) is 0 Å². The number of rotatable bonds is 3. The zero-order valence-corrected chi connectivity index (χ0v) is 6.43. The Balaban J connectivity index is 2.15. The van der Waals surface area contributed by atoms with Gasteiger partial charge in [-0.1, -0.05) is 0 Å². The van der Waals surface area contributed by atoms with Crippen molar-refractivity contribution in [2.75, 3.05) is 20.2 Å². The van der Waals surface area contributed by atoms with E-state index < -0.39 is 0 Å². The maximum atomic E-state index is 8.77. The predicted octanol–water partition coefficient (Wildman–Crippen LogP) is -0.681. The van der Waals surface area contributed by atoms with Crippen molar-refractivity contribution in [2.24, 2.45) is 0 Å². The van der Waals surface area contributed by atoms with E-state index in [2.05, 4.69) is 10.6 Å². The molecule has 1 heterocycles. The van der Waals surface area contributed by atoms with Gasteiger partial charge in [0.15, 0.2) is 0 Å². The molecule has 0 aromatic carbocycles. The Kier molecular flexibility index (Phi) is 3.12. The lowest BCUT2D eigenvalue weighted by molar-refractivity contribution is 0.251. The van der Waals surface area contributed by atoms with Crippen molar-refractivity contribution in [1.29, 1.82) is 0 Å². The highest BCUT2D eigenvalue weighted by atomic mass is 16.3. The van der Waals surface area contributed by atoms with Crippen molar-refractivity contribution in [1.82, 2.24) is 10.6 Å². The molecule has 0 radical (unpaired) electrons. The number of hydrogen-bond acceptors (Lipinski definition) is 3. The minimum Gasteiger partial charge on any atom is -0.395 e. The van der Waals surface area contributed by atoms with Crippen molar-refractivity contribution >= 4 is 0 Å². The van der Waals surface area contributed by atoms with Gasteiger partial charge in [-0.15, -0.1) is 0 Å². The molecule has 1 fully saturated rings. The lowest BCUT2D eigenvalue weighted by Crippen LogP contribution is -2.37. The third kappa shape index (κ3) is 1.94. The van der Waals surface area contributed by atoms with E-state index in [0.717, 1.165) is 13.0 Å². The fourth-order valence-electron chi connectivity index (χ4n) is 1.45. The number of nitrogens with one attached hydrogen (secondary N) is 2. The van der Waals surface area contributed by atoms with Gasteiger partial charge < -0.3 is 15.7 Å². The molecule has 0 spiro atoms. The Labute approximate surface area is 61.8 Å². The maximum absolute atomic E-state index is 8.77. The van der Waals surface area contributed by atoms with Gasteiger partial charge in [0, 0.05) is 18.6 Å². The molecule has 0 aromatic rings. The lowest BCUT2D eigenvalue weighted by Gasteiger charge is -2.10. The van der Waals surface area contributed by atoms with E-state index in [1.807, 2.05) is 7.05 Å². The fourth-order valence-corrected chi connectivity index (χ4v) is 1.45. The van der Waals surface area contributed by atoms with E-state index in [-0.39, 0.29) is 6.61 Å². The first-order valence-corrected chi connectivity index (χ1v) is 3.88. The summed E-state index contributed by atoms with van der Waals surface area (Å²) >= 11 is 0. The number of likely N-dealkylation sites (N-methyl/N-ethyl adjacent to an activating group) is 1. The largest absolute Gasteiger partial charge is 0.395 e. The summed E-state index contributed by atoms with van der Waals surface area (Å²) in [5.41, 5.74) is 0. The summed E-state index contributed by atoms with van der Waals surface area (Å²) < 4.78 is 0. The van der Waals surface area contributed by atoms with E-state index in [9.17, 15) is 0 Å². The number of hydrogen-bond donors (Lipinski definition) is 3. The Bertz CT molecular complexity index is 97.6. The van der Waals surface area contributed by atoms with Gasteiger partial charge in [-0.3, -0.25) is 0 Å². The molecule has 60 valence electrons. The molecule has 0 aliphatic carbocycles. The molecule has 2 atom stereocenters. The molecule has 1 rings (SSSR count). The van der Waals surface area contributed by atoms with Gasteiger partial charge in [0.05, 0.1) is 6.61 Å². The minimum absolute atomic E-state index is 0.278. The SMILES string of the molecule is CNCC1CCC(CO)N1. The van der Waals surface area contributed by atoms with Gasteiger partial charge in [0.2, 0.25) is 0 Å². The fraction of sp³-hybridized carbons (Fsp3) is 1.00. The van der Waals surface area contributed by atoms with Crippen LogP contribution in [0.3, 0.4) is 0 Å². The van der Waals surface area contributed by atoms with Crippen LogP contribution in [0.4, 0.5) is 0 Å². The van der Waals surface area contributed by atoms with Gasteiger partial charge in [0.1, 0.15) is 0 Å². The number of aliphatic hydroxyl groups is 1. The molecule has 3 nitrogen and oxygen atoms in total. The molecule has 0 amide bonds. The molecular weight excluding hydrogens is 128 g/mol. The van der Waals surface area contributed by atoms with Crippen molar-refractivity contribution in [3.8, 4) is 0 Å². The van der Waals surface area contributed by atoms with Gasteiger partial charge >= 0.3 is 0 Å². The van der Waals surface area contributed by atoms with Gasteiger partial charge in [0.25, 0.3) is 0 Å². The van der Waals surface area contributed by atoms with E-state index in [1.54, 1.807) is 0 Å². The molecule has 2 unspecified atom stereocenters. The summed E-state index contributed by atoms with van der Waals surface area (Å²) in [6, 6.07) is 0.917. The van der Waals surface area contributed by atoms with Crippen LogP contribution < -0.4 is 10.6 Å². The van der Waals surface area contributed by atoms with Crippen LogP contribution in [-0.4, -0.2) is 37.4 Å². The summed E-state index contributed by atoms with van der Waals surface area (Å²) in [4.78, 5) is 0. The molecule has 0 saturated carbocycles. The average Bonchev–Trinajstić information content (AvgIpc) is 2.37. The third-order valence-electron chi connectivity index (χ3n) is 2.01. The highest BCUT2D eigenvalue weighted by molar-refractivity contribution is 4.83. The maximum Gasteiger partial charge on any atom is 0.0584 e. The highest BCUT2D eigenvalue weighted by Gasteiger charge is 2.21. The summed E-state index contributed by atoms with van der Waals surface area (Å²) in [7, 11) is 1.95. The first-order valence-electron chi connectivity index (χ1n) is 3.88. The second-order valence-electron chi connectivity index (χ2n) is 2.88. The van der Waals surface area contributed by atoms with Crippen molar-refractivity contribution < 1.29 is 5.11 Å². The molecule has 0 bridgehead atoms.